The summed E-state index contributed by atoms with van der Waals surface area (Å²) < 4.78 is 12.8. The van der Waals surface area contributed by atoms with Crippen molar-refractivity contribution < 1.29 is 4.39 Å². The van der Waals surface area contributed by atoms with Gasteiger partial charge < -0.3 is 5.32 Å². The summed E-state index contributed by atoms with van der Waals surface area (Å²) in [7, 11) is 3.75. The van der Waals surface area contributed by atoms with Crippen LogP contribution in [0, 0.1) is 5.13 Å². The van der Waals surface area contributed by atoms with Crippen LogP contribution >= 0.6 is 11.3 Å². The van der Waals surface area contributed by atoms with Gasteiger partial charge in [-0.2, -0.15) is 4.39 Å². The van der Waals surface area contributed by atoms with Crippen LogP contribution in [0.1, 0.15) is 23.8 Å². The largest absolute Gasteiger partial charge is 0.323 e. The third-order valence-electron chi connectivity index (χ3n) is 1.82. The topological polar surface area (TPSA) is 12.0 Å². The molecule has 1 heterocycles. The molecule has 0 fully saturated rings. The molecule has 1 aromatic rings. The number of thiophene rings is 1. The van der Waals surface area contributed by atoms with Gasteiger partial charge in [-0.15, -0.1) is 17.9 Å². The fourth-order valence-corrected chi connectivity index (χ4v) is 2.17. The summed E-state index contributed by atoms with van der Waals surface area (Å²) in [6, 6.07) is 1.64. The molecular weight excluding hydrogens is 209 g/mol. The lowest BCUT2D eigenvalue weighted by Gasteiger charge is -1.96. The normalized spacial score (nSPS) is 9.33. The van der Waals surface area contributed by atoms with E-state index in [1.807, 2.05) is 20.2 Å². The highest BCUT2D eigenvalue weighted by atomic mass is 32.1. The van der Waals surface area contributed by atoms with Crippen LogP contribution in [0.4, 0.5) is 4.39 Å². The Bertz CT molecular complexity index is 281. The molecule has 0 atom stereocenters. The number of hydrogen-bond donors (Lipinski definition) is 1. The van der Waals surface area contributed by atoms with Crippen LogP contribution in [0.3, 0.4) is 0 Å². The zero-order valence-electron chi connectivity index (χ0n) is 9.77. The first-order valence-corrected chi connectivity index (χ1v) is 5.97. The molecule has 1 aromatic heterocycles. The van der Waals surface area contributed by atoms with Crippen molar-refractivity contribution in [1.29, 1.82) is 0 Å². The van der Waals surface area contributed by atoms with Crippen molar-refractivity contribution in [2.45, 2.75) is 26.2 Å². The molecule has 0 unspecified atom stereocenters. The Balaban J connectivity index is 0.000000583. The average Bonchev–Trinajstić information content (AvgIpc) is 2.57. The van der Waals surface area contributed by atoms with Gasteiger partial charge in [0, 0.05) is 4.88 Å². The molecular formula is C12H20FNS. The summed E-state index contributed by atoms with van der Waals surface area (Å²) >= 11 is 1.26. The first-order chi connectivity index (χ1) is 7.19. The van der Waals surface area contributed by atoms with Gasteiger partial charge in [-0.1, -0.05) is 13.0 Å². The Morgan fingerprint density at radius 3 is 2.60 bits per heavy atom. The number of nitrogens with one attached hydrogen (secondary N) is 1. The van der Waals surface area contributed by atoms with Crippen molar-refractivity contribution >= 4 is 11.3 Å². The molecule has 3 heteroatoms. The maximum absolute atomic E-state index is 12.8. The Kier molecular flexibility index (Phi) is 8.24. The monoisotopic (exact) mass is 229 g/mol. The third-order valence-corrected chi connectivity index (χ3v) is 2.85. The second-order valence-corrected chi connectivity index (χ2v) is 4.27. The number of halogens is 1. The smallest absolute Gasteiger partial charge is 0.176 e. The van der Waals surface area contributed by atoms with E-state index in [0.29, 0.717) is 0 Å². The summed E-state index contributed by atoms with van der Waals surface area (Å²) in [5, 5.41) is 2.69. The number of aryl methyl sites for hydroxylation is 2. The van der Waals surface area contributed by atoms with Gasteiger partial charge in [0.15, 0.2) is 5.13 Å². The highest BCUT2D eigenvalue weighted by Crippen LogP contribution is 2.22. The maximum atomic E-state index is 12.8. The van der Waals surface area contributed by atoms with Gasteiger partial charge in [-0.05, 0) is 45.0 Å². The summed E-state index contributed by atoms with van der Waals surface area (Å²) in [5.41, 5.74) is 1.15. The second-order valence-electron chi connectivity index (χ2n) is 3.18. The molecule has 0 saturated heterocycles. The second kappa shape index (κ2) is 8.62. The Morgan fingerprint density at radius 1 is 1.53 bits per heavy atom. The Morgan fingerprint density at radius 2 is 2.13 bits per heavy atom. The Hall–Kier alpha value is -0.670. The van der Waals surface area contributed by atoms with Gasteiger partial charge in [-0.3, -0.25) is 0 Å². The minimum absolute atomic E-state index is 0.0640. The number of allylic oxidation sites excluding steroid dienone is 1. The van der Waals surface area contributed by atoms with E-state index in [1.165, 1.54) is 16.2 Å². The molecule has 86 valence electrons. The van der Waals surface area contributed by atoms with Crippen LogP contribution in [-0.4, -0.2) is 14.1 Å². The van der Waals surface area contributed by atoms with E-state index >= 15 is 0 Å². The van der Waals surface area contributed by atoms with E-state index in [9.17, 15) is 4.39 Å². The molecule has 0 amide bonds. The van der Waals surface area contributed by atoms with Crippen LogP contribution in [0.25, 0.3) is 0 Å². The van der Waals surface area contributed by atoms with Gasteiger partial charge in [0.05, 0.1) is 0 Å². The molecule has 0 aliphatic heterocycles. The van der Waals surface area contributed by atoms with Crippen molar-refractivity contribution in [3.63, 3.8) is 0 Å². The van der Waals surface area contributed by atoms with E-state index in [1.54, 1.807) is 6.07 Å². The van der Waals surface area contributed by atoms with E-state index in [4.69, 9.17) is 0 Å². The molecule has 1 nitrogen and oxygen atoms in total. The van der Waals surface area contributed by atoms with Gasteiger partial charge in [0.1, 0.15) is 0 Å². The van der Waals surface area contributed by atoms with Crippen LogP contribution in [0.15, 0.2) is 18.7 Å². The van der Waals surface area contributed by atoms with Crippen molar-refractivity contribution in [3.05, 3.63) is 34.3 Å². The minimum atomic E-state index is -0.0640. The SMILES string of the molecule is C=CCCc1sc(F)cc1CC.CNC. The lowest BCUT2D eigenvalue weighted by atomic mass is 10.1. The molecule has 1 N–H and O–H groups in total. The molecule has 0 bridgehead atoms. The minimum Gasteiger partial charge on any atom is -0.323 e. The standard InChI is InChI=1S/C10H13FS.C2H7N/c1-3-5-6-9-8(4-2)7-10(11)12-9;1-3-2/h3,7H,1,4-6H2,2H3;3H,1-2H3. The summed E-state index contributed by atoms with van der Waals surface area (Å²) in [4.78, 5) is 1.18. The lowest BCUT2D eigenvalue weighted by molar-refractivity contribution is 0.656. The van der Waals surface area contributed by atoms with Crippen molar-refractivity contribution in [2.24, 2.45) is 0 Å². The molecule has 15 heavy (non-hydrogen) atoms. The zero-order chi connectivity index (χ0) is 11.7. The molecule has 1 rings (SSSR count). The average molecular weight is 229 g/mol. The molecule has 0 aliphatic rings. The van der Waals surface area contributed by atoms with Gasteiger partial charge >= 0.3 is 0 Å². The van der Waals surface area contributed by atoms with Gasteiger partial charge in [0.2, 0.25) is 0 Å². The molecule has 0 spiro atoms. The molecule has 0 aliphatic carbocycles. The maximum Gasteiger partial charge on any atom is 0.176 e. The lowest BCUT2D eigenvalue weighted by Crippen LogP contribution is -1.89. The Labute approximate surface area is 96.0 Å². The van der Waals surface area contributed by atoms with Crippen LogP contribution in [-0.2, 0) is 12.8 Å². The predicted octanol–water partition coefficient (Wildman–Crippen LogP) is 3.40. The first-order valence-electron chi connectivity index (χ1n) is 5.16. The van der Waals surface area contributed by atoms with Crippen LogP contribution in [0.5, 0.6) is 0 Å². The van der Waals surface area contributed by atoms with E-state index in [2.05, 4.69) is 18.8 Å². The number of rotatable bonds is 4. The molecule has 0 aromatic carbocycles. The van der Waals surface area contributed by atoms with E-state index in [-0.39, 0.29) is 5.13 Å². The van der Waals surface area contributed by atoms with Crippen LogP contribution < -0.4 is 5.32 Å². The number of hydrogen-bond acceptors (Lipinski definition) is 2. The zero-order valence-corrected chi connectivity index (χ0v) is 10.6. The van der Waals surface area contributed by atoms with Crippen molar-refractivity contribution in [3.8, 4) is 0 Å². The van der Waals surface area contributed by atoms with Crippen molar-refractivity contribution in [1.82, 2.24) is 5.32 Å². The fraction of sp³-hybridized carbons (Fsp3) is 0.500. The predicted molar refractivity (Wildman–Crippen MR) is 67.2 cm³/mol. The van der Waals surface area contributed by atoms with Crippen LogP contribution in [0.2, 0.25) is 0 Å². The fourth-order valence-electron chi connectivity index (χ4n) is 1.17. The molecule has 0 radical (unpaired) electrons. The highest BCUT2D eigenvalue weighted by Gasteiger charge is 2.05. The highest BCUT2D eigenvalue weighted by molar-refractivity contribution is 7.10. The summed E-state index contributed by atoms with van der Waals surface area (Å²) in [6.07, 6.45) is 4.66. The van der Waals surface area contributed by atoms with E-state index in [0.717, 1.165) is 24.8 Å². The van der Waals surface area contributed by atoms with E-state index < -0.39 is 0 Å². The first kappa shape index (κ1) is 14.3. The summed E-state index contributed by atoms with van der Waals surface area (Å²) in [5.74, 6) is 0. The quantitative estimate of drug-likeness (QED) is 0.780. The van der Waals surface area contributed by atoms with Gasteiger partial charge in [0.25, 0.3) is 0 Å². The van der Waals surface area contributed by atoms with Gasteiger partial charge in [-0.25, -0.2) is 0 Å². The summed E-state index contributed by atoms with van der Waals surface area (Å²) in [6.45, 7) is 5.70. The third kappa shape index (κ3) is 5.70. The van der Waals surface area contributed by atoms with Crippen molar-refractivity contribution in [2.75, 3.05) is 14.1 Å². The molecule has 0 saturated carbocycles.